The zero-order valence-corrected chi connectivity index (χ0v) is 14.0. The minimum atomic E-state index is -0.131. The van der Waals surface area contributed by atoms with Crippen LogP contribution in [0, 0.1) is 0 Å². The van der Waals surface area contributed by atoms with Crippen LogP contribution in [0.4, 0.5) is 0 Å². The molecule has 0 unspecified atom stereocenters. The van der Waals surface area contributed by atoms with Crippen LogP contribution in [0.3, 0.4) is 0 Å². The van der Waals surface area contributed by atoms with Gasteiger partial charge >= 0.3 is 5.56 Å². The predicted octanol–water partition coefficient (Wildman–Crippen LogP) is 3.86. The fourth-order valence-electron chi connectivity index (χ4n) is 2.70. The van der Waals surface area contributed by atoms with Crippen LogP contribution < -0.4 is 10.1 Å². The van der Waals surface area contributed by atoms with E-state index in [-0.39, 0.29) is 5.56 Å². The summed E-state index contributed by atoms with van der Waals surface area (Å²) in [5.41, 5.74) is 3.75. The monoisotopic (exact) mass is 348 g/mol. The Morgan fingerprint density at radius 3 is 2.40 bits per heavy atom. The first kappa shape index (κ1) is 15.4. The number of pyridine rings is 1. The van der Waals surface area contributed by atoms with Crippen molar-refractivity contribution in [3.05, 3.63) is 93.9 Å². The van der Waals surface area contributed by atoms with E-state index in [0.29, 0.717) is 10.5 Å². The fraction of sp³-hybridized carbons (Fsp3) is 0. The molecule has 122 valence electrons. The highest BCUT2D eigenvalue weighted by Gasteiger charge is 2.12. The highest BCUT2D eigenvalue weighted by molar-refractivity contribution is 6.30. The third kappa shape index (κ3) is 3.12. The second-order valence-corrected chi connectivity index (χ2v) is 6.12. The first-order valence-electron chi connectivity index (χ1n) is 7.86. The first-order chi connectivity index (χ1) is 12.2. The summed E-state index contributed by atoms with van der Waals surface area (Å²) in [6, 6.07) is 21.8. The Bertz CT molecular complexity index is 1110. The van der Waals surface area contributed by atoms with E-state index in [0.717, 1.165) is 11.1 Å². The van der Waals surface area contributed by atoms with Crippen molar-refractivity contribution >= 4 is 29.4 Å². The molecule has 4 rings (SSSR count). The number of nitrogens with zero attached hydrogens (tertiary/aromatic N) is 2. The molecular formula is C20H15ClN3O+. The summed E-state index contributed by atoms with van der Waals surface area (Å²) in [6.45, 7) is 0. The van der Waals surface area contributed by atoms with Crippen LogP contribution in [0.1, 0.15) is 5.56 Å². The summed E-state index contributed by atoms with van der Waals surface area (Å²) >= 11 is 5.95. The fourth-order valence-corrected chi connectivity index (χ4v) is 2.86. The molecule has 25 heavy (non-hydrogen) atoms. The molecule has 0 radical (unpaired) electrons. The van der Waals surface area contributed by atoms with Gasteiger partial charge in [0, 0.05) is 0 Å². The SMILES string of the molecule is O=c1c2ccc(Cl)c[n+]2[nH]n1/C=C/c1ccc(-c2ccccc2)cc1. The largest absolute Gasteiger partial charge is 0.405 e. The standard InChI is InChI=1S/C20H14ClN3O/c21-18-10-11-19-20(25)23(22-24(19)14-18)13-12-15-6-8-17(9-7-15)16-4-2-1-3-5-16/h1-14H/p+1/b13-12+. The summed E-state index contributed by atoms with van der Waals surface area (Å²) in [7, 11) is 0. The molecule has 2 heterocycles. The molecule has 5 heteroatoms. The Morgan fingerprint density at radius 1 is 0.920 bits per heavy atom. The van der Waals surface area contributed by atoms with Gasteiger partial charge in [-0.15, -0.1) is 4.52 Å². The normalized spacial score (nSPS) is 11.4. The van der Waals surface area contributed by atoms with Gasteiger partial charge in [0.2, 0.25) is 5.52 Å². The van der Waals surface area contributed by atoms with Gasteiger partial charge in [-0.3, -0.25) is 0 Å². The van der Waals surface area contributed by atoms with E-state index < -0.39 is 0 Å². The smallest absolute Gasteiger partial charge is 0.234 e. The molecule has 0 aliphatic carbocycles. The van der Waals surface area contributed by atoms with E-state index in [4.69, 9.17) is 11.6 Å². The lowest BCUT2D eigenvalue weighted by Crippen LogP contribution is -2.23. The highest BCUT2D eigenvalue weighted by Crippen LogP contribution is 2.19. The Hall–Kier alpha value is -3.11. The molecule has 0 saturated heterocycles. The zero-order chi connectivity index (χ0) is 17.2. The molecule has 0 fully saturated rings. The van der Waals surface area contributed by atoms with E-state index in [9.17, 15) is 4.79 Å². The van der Waals surface area contributed by atoms with Crippen molar-refractivity contribution in [2.24, 2.45) is 0 Å². The summed E-state index contributed by atoms with van der Waals surface area (Å²) in [6.07, 6.45) is 5.26. The van der Waals surface area contributed by atoms with Gasteiger partial charge in [0.05, 0.1) is 5.02 Å². The minimum absolute atomic E-state index is 0.131. The summed E-state index contributed by atoms with van der Waals surface area (Å²) < 4.78 is 3.03. The van der Waals surface area contributed by atoms with E-state index in [2.05, 4.69) is 29.5 Å². The highest BCUT2D eigenvalue weighted by atomic mass is 35.5. The average molecular weight is 349 g/mol. The lowest BCUT2D eigenvalue weighted by atomic mass is 10.0. The molecule has 0 aliphatic heterocycles. The third-order valence-corrected chi connectivity index (χ3v) is 4.22. The Balaban J connectivity index is 1.62. The molecular weight excluding hydrogens is 334 g/mol. The van der Waals surface area contributed by atoms with Crippen LogP contribution in [0.5, 0.6) is 0 Å². The van der Waals surface area contributed by atoms with Gasteiger partial charge in [-0.2, -0.15) is 0 Å². The minimum Gasteiger partial charge on any atom is -0.234 e. The number of rotatable bonds is 3. The number of H-pyrrole nitrogens is 1. The van der Waals surface area contributed by atoms with Gasteiger partial charge in [-0.1, -0.05) is 76.1 Å². The Morgan fingerprint density at radius 2 is 1.64 bits per heavy atom. The Labute approximate surface area is 149 Å². The number of hydrogen-bond acceptors (Lipinski definition) is 1. The zero-order valence-electron chi connectivity index (χ0n) is 13.3. The maximum absolute atomic E-state index is 12.3. The van der Waals surface area contributed by atoms with Crippen molar-refractivity contribution in [3.8, 4) is 11.1 Å². The maximum atomic E-state index is 12.3. The van der Waals surface area contributed by atoms with Crippen molar-refractivity contribution in [3.63, 3.8) is 0 Å². The molecule has 2 aromatic heterocycles. The van der Waals surface area contributed by atoms with E-state index in [1.165, 1.54) is 10.2 Å². The second kappa shape index (κ2) is 6.42. The number of halogens is 1. The average Bonchev–Trinajstić information content (AvgIpc) is 2.96. The van der Waals surface area contributed by atoms with Gasteiger partial charge in [0.25, 0.3) is 0 Å². The van der Waals surface area contributed by atoms with Crippen molar-refractivity contribution in [1.82, 2.24) is 9.90 Å². The summed E-state index contributed by atoms with van der Waals surface area (Å²) in [4.78, 5) is 12.3. The van der Waals surface area contributed by atoms with Gasteiger partial charge < -0.3 is 0 Å². The number of hydrogen-bond donors (Lipinski definition) is 1. The van der Waals surface area contributed by atoms with Crippen LogP contribution in [0.15, 0.2) is 77.7 Å². The summed E-state index contributed by atoms with van der Waals surface area (Å²) in [5.74, 6) is 0. The predicted molar refractivity (Wildman–Crippen MR) is 100 cm³/mol. The van der Waals surface area contributed by atoms with Crippen LogP contribution in [-0.2, 0) is 0 Å². The molecule has 0 bridgehead atoms. The number of nitrogens with one attached hydrogen (secondary N) is 1. The van der Waals surface area contributed by atoms with Crippen molar-refractivity contribution in [2.75, 3.05) is 0 Å². The van der Waals surface area contributed by atoms with E-state index in [1.807, 2.05) is 36.4 Å². The number of aromatic nitrogens is 3. The number of benzene rings is 2. The molecule has 0 spiro atoms. The van der Waals surface area contributed by atoms with E-state index >= 15 is 0 Å². The molecule has 4 nitrogen and oxygen atoms in total. The topological polar surface area (TPSA) is 41.9 Å². The first-order valence-corrected chi connectivity index (χ1v) is 8.24. The van der Waals surface area contributed by atoms with Crippen LogP contribution >= 0.6 is 11.6 Å². The molecule has 0 amide bonds. The van der Waals surface area contributed by atoms with Crippen LogP contribution in [-0.4, -0.2) is 9.90 Å². The van der Waals surface area contributed by atoms with Gasteiger partial charge in [-0.25, -0.2) is 4.79 Å². The van der Waals surface area contributed by atoms with Gasteiger partial charge in [-0.05, 0) is 34.9 Å². The quantitative estimate of drug-likeness (QED) is 0.561. The number of aromatic amines is 1. The molecule has 2 aromatic carbocycles. The lowest BCUT2D eigenvalue weighted by molar-refractivity contribution is -0.583. The summed E-state index contributed by atoms with van der Waals surface area (Å²) in [5, 5.41) is 3.52. The van der Waals surface area contributed by atoms with Crippen LogP contribution in [0.25, 0.3) is 28.9 Å². The maximum Gasteiger partial charge on any atom is 0.405 e. The third-order valence-electron chi connectivity index (χ3n) is 4.00. The molecule has 4 aromatic rings. The van der Waals surface area contributed by atoms with Crippen molar-refractivity contribution < 1.29 is 4.52 Å². The molecule has 0 atom stereocenters. The lowest BCUT2D eigenvalue weighted by Gasteiger charge is -2.01. The van der Waals surface area contributed by atoms with Crippen LogP contribution in [0.2, 0.25) is 5.02 Å². The van der Waals surface area contributed by atoms with E-state index in [1.54, 1.807) is 29.0 Å². The van der Waals surface area contributed by atoms with Crippen molar-refractivity contribution in [2.45, 2.75) is 0 Å². The Kier molecular flexibility index (Phi) is 3.96. The van der Waals surface area contributed by atoms with Gasteiger partial charge in [0.1, 0.15) is 12.4 Å². The molecule has 1 N–H and O–H groups in total. The second-order valence-electron chi connectivity index (χ2n) is 5.68. The molecule has 0 aliphatic rings. The number of fused-ring (bicyclic) bond motifs is 1. The van der Waals surface area contributed by atoms with Gasteiger partial charge in [0.15, 0.2) is 0 Å². The van der Waals surface area contributed by atoms with Crippen molar-refractivity contribution in [1.29, 1.82) is 0 Å². The molecule has 0 saturated carbocycles.